The summed E-state index contributed by atoms with van der Waals surface area (Å²) in [5, 5.41) is 13.1. The number of carbonyl (C=O) groups is 2. The highest BCUT2D eigenvalue weighted by Crippen LogP contribution is 2.37. The number of hydrogen-bond donors (Lipinski definition) is 4. The van der Waals surface area contributed by atoms with Gasteiger partial charge in [0.25, 0.3) is 0 Å². The maximum absolute atomic E-state index is 12.5. The first kappa shape index (κ1) is 21.3. The second-order valence-electron chi connectivity index (χ2n) is 9.05. The largest absolute Gasteiger partial charge is 0.360 e. The molecule has 0 saturated heterocycles. The van der Waals surface area contributed by atoms with Crippen molar-refractivity contribution in [3.63, 3.8) is 0 Å². The van der Waals surface area contributed by atoms with Gasteiger partial charge in [0.05, 0.1) is 11.4 Å². The van der Waals surface area contributed by atoms with E-state index in [2.05, 4.69) is 45.6 Å². The minimum absolute atomic E-state index is 0.0515. The van der Waals surface area contributed by atoms with Crippen LogP contribution in [0.3, 0.4) is 0 Å². The molecule has 4 N–H and O–H groups in total. The molecule has 2 aliphatic carbocycles. The minimum Gasteiger partial charge on any atom is -0.360 e. The van der Waals surface area contributed by atoms with Crippen LogP contribution >= 0.6 is 0 Å². The molecule has 0 aromatic heterocycles. The fraction of sp³-hybridized carbons (Fsp3) is 0.333. The van der Waals surface area contributed by atoms with Gasteiger partial charge in [-0.05, 0) is 74.4 Å². The Kier molecular flexibility index (Phi) is 6.15. The molecule has 5 rings (SSSR count). The molecule has 6 heteroatoms. The van der Waals surface area contributed by atoms with Crippen molar-refractivity contribution in [3.05, 3.63) is 72.3 Å². The molecule has 2 aromatic carbocycles. The molecule has 2 aromatic rings. The molecular weight excluding hydrogens is 412 g/mol. The van der Waals surface area contributed by atoms with Crippen molar-refractivity contribution in [2.45, 2.75) is 44.7 Å². The lowest BCUT2D eigenvalue weighted by atomic mass is 9.93. The van der Waals surface area contributed by atoms with Gasteiger partial charge in [-0.3, -0.25) is 9.59 Å². The Morgan fingerprint density at radius 3 is 1.88 bits per heavy atom. The zero-order valence-electron chi connectivity index (χ0n) is 18.6. The Labute approximate surface area is 194 Å². The number of hydrogen-bond acceptors (Lipinski definition) is 4. The zero-order chi connectivity index (χ0) is 22.6. The van der Waals surface area contributed by atoms with E-state index in [0.717, 1.165) is 66.8 Å². The number of anilines is 4. The van der Waals surface area contributed by atoms with Crippen molar-refractivity contribution < 1.29 is 9.59 Å². The lowest BCUT2D eigenvalue weighted by Crippen LogP contribution is -2.23. The van der Waals surface area contributed by atoms with Gasteiger partial charge in [0.2, 0.25) is 11.8 Å². The van der Waals surface area contributed by atoms with E-state index in [-0.39, 0.29) is 29.8 Å². The maximum Gasteiger partial charge on any atom is 0.227 e. The second-order valence-corrected chi connectivity index (χ2v) is 9.05. The van der Waals surface area contributed by atoms with Crippen molar-refractivity contribution in [3.8, 4) is 0 Å². The van der Waals surface area contributed by atoms with Crippen LogP contribution in [0.4, 0.5) is 22.7 Å². The number of allylic oxidation sites excluding steroid dienone is 4. The van der Waals surface area contributed by atoms with Crippen molar-refractivity contribution >= 4 is 34.6 Å². The molecule has 0 radical (unpaired) electrons. The van der Waals surface area contributed by atoms with Gasteiger partial charge in [-0.25, -0.2) is 0 Å². The van der Waals surface area contributed by atoms with E-state index >= 15 is 0 Å². The first-order chi connectivity index (χ1) is 16.2. The number of benzene rings is 2. The zero-order valence-corrected chi connectivity index (χ0v) is 18.6. The van der Waals surface area contributed by atoms with Crippen LogP contribution < -0.4 is 21.3 Å². The third kappa shape index (κ3) is 4.95. The lowest BCUT2D eigenvalue weighted by molar-refractivity contribution is -0.120. The third-order valence-corrected chi connectivity index (χ3v) is 6.68. The van der Waals surface area contributed by atoms with Gasteiger partial charge in [0.15, 0.2) is 0 Å². The highest BCUT2D eigenvalue weighted by molar-refractivity contribution is 5.94. The molecule has 3 aliphatic rings. The smallest absolute Gasteiger partial charge is 0.227 e. The number of rotatable bonds is 5. The Morgan fingerprint density at radius 2 is 1.27 bits per heavy atom. The van der Waals surface area contributed by atoms with Crippen LogP contribution in [0, 0.1) is 11.8 Å². The van der Waals surface area contributed by atoms with E-state index < -0.39 is 0 Å². The molecule has 1 aliphatic heterocycles. The molecule has 0 saturated carbocycles. The first-order valence-electron chi connectivity index (χ1n) is 11.8. The Balaban J connectivity index is 1.19. The summed E-state index contributed by atoms with van der Waals surface area (Å²) >= 11 is 0. The average molecular weight is 443 g/mol. The summed E-state index contributed by atoms with van der Waals surface area (Å²) in [5.41, 5.74) is 4.66. The van der Waals surface area contributed by atoms with Crippen molar-refractivity contribution in [1.29, 1.82) is 0 Å². The Morgan fingerprint density at radius 1 is 0.697 bits per heavy atom. The summed E-state index contributed by atoms with van der Waals surface area (Å²) in [6, 6.07) is 13.8. The Hall–Kier alpha value is -3.54. The van der Waals surface area contributed by atoms with E-state index in [4.69, 9.17) is 0 Å². The first-order valence-corrected chi connectivity index (χ1v) is 11.8. The highest BCUT2D eigenvalue weighted by atomic mass is 16.2. The highest BCUT2D eigenvalue weighted by Gasteiger charge is 2.23. The van der Waals surface area contributed by atoms with Crippen molar-refractivity contribution in [2.24, 2.45) is 11.8 Å². The SMILES string of the molecule is O=C(Nc1ccc(C2Nc3ccc(NC(=O)C4CC=CCC4)cc3N2)cc1)C1CC=CCC1. The number of carbonyl (C=O) groups excluding carboxylic acids is 2. The van der Waals surface area contributed by atoms with Crippen LogP contribution in [0.15, 0.2) is 66.8 Å². The van der Waals surface area contributed by atoms with Crippen LogP contribution in [0.25, 0.3) is 0 Å². The van der Waals surface area contributed by atoms with Gasteiger partial charge in [-0.1, -0.05) is 36.4 Å². The summed E-state index contributed by atoms with van der Waals surface area (Å²) in [6.07, 6.45) is 13.8. The molecule has 0 bridgehead atoms. The van der Waals surface area contributed by atoms with Crippen LogP contribution in [0.1, 0.15) is 50.3 Å². The molecule has 3 unspecified atom stereocenters. The molecule has 0 fully saturated rings. The van der Waals surface area contributed by atoms with E-state index in [1.54, 1.807) is 0 Å². The van der Waals surface area contributed by atoms with Gasteiger partial charge >= 0.3 is 0 Å². The molecule has 33 heavy (non-hydrogen) atoms. The van der Waals surface area contributed by atoms with E-state index in [1.165, 1.54) is 0 Å². The second kappa shape index (κ2) is 9.53. The van der Waals surface area contributed by atoms with Gasteiger partial charge in [0, 0.05) is 23.2 Å². The molecule has 170 valence electrons. The quantitative estimate of drug-likeness (QED) is 0.440. The standard InChI is InChI=1S/C27H30N4O2/c32-26(19-7-3-1-4-8-19)28-21-13-11-18(12-14-21)25-30-23-16-15-22(17-24(23)31-25)29-27(33)20-9-5-2-6-10-20/h1-3,5,11-17,19-20,25,30-31H,4,6-10H2,(H,28,32)(H,29,33). The molecule has 0 spiro atoms. The predicted molar refractivity (Wildman–Crippen MR) is 133 cm³/mol. The van der Waals surface area contributed by atoms with Gasteiger partial charge in [-0.2, -0.15) is 0 Å². The third-order valence-electron chi connectivity index (χ3n) is 6.68. The molecule has 3 atom stereocenters. The fourth-order valence-corrected chi connectivity index (χ4v) is 4.69. The maximum atomic E-state index is 12.5. The van der Waals surface area contributed by atoms with Crippen LogP contribution in [0.5, 0.6) is 0 Å². The Bertz CT molecular complexity index is 1090. The lowest BCUT2D eigenvalue weighted by Gasteiger charge is -2.18. The summed E-state index contributed by atoms with van der Waals surface area (Å²) in [6.45, 7) is 0. The number of fused-ring (bicyclic) bond motifs is 1. The van der Waals surface area contributed by atoms with E-state index in [0.29, 0.717) is 0 Å². The topological polar surface area (TPSA) is 82.3 Å². The van der Waals surface area contributed by atoms with Crippen LogP contribution in [-0.4, -0.2) is 11.8 Å². The number of amides is 2. The van der Waals surface area contributed by atoms with Crippen LogP contribution in [0.2, 0.25) is 0 Å². The average Bonchev–Trinajstić information content (AvgIpc) is 3.29. The van der Waals surface area contributed by atoms with E-state index in [9.17, 15) is 9.59 Å². The molecule has 6 nitrogen and oxygen atoms in total. The van der Waals surface area contributed by atoms with Crippen LogP contribution in [-0.2, 0) is 9.59 Å². The molecule has 1 heterocycles. The minimum atomic E-state index is -0.0670. The normalized spacial score (nSPS) is 23.2. The van der Waals surface area contributed by atoms with Gasteiger partial charge in [0.1, 0.15) is 6.17 Å². The number of nitrogens with one attached hydrogen (secondary N) is 4. The summed E-state index contributed by atoms with van der Waals surface area (Å²) in [7, 11) is 0. The van der Waals surface area contributed by atoms with Crippen molar-refractivity contribution in [2.75, 3.05) is 21.3 Å². The summed E-state index contributed by atoms with van der Waals surface area (Å²) < 4.78 is 0. The predicted octanol–water partition coefficient (Wildman–Crippen LogP) is 5.81. The molecule has 2 amide bonds. The summed E-state index contributed by atoms with van der Waals surface area (Å²) in [4.78, 5) is 25.0. The van der Waals surface area contributed by atoms with Gasteiger partial charge in [-0.15, -0.1) is 0 Å². The van der Waals surface area contributed by atoms with Crippen molar-refractivity contribution in [1.82, 2.24) is 0 Å². The molecular formula is C27H30N4O2. The summed E-state index contributed by atoms with van der Waals surface area (Å²) in [5.74, 6) is 0.293. The monoisotopic (exact) mass is 442 g/mol. The van der Waals surface area contributed by atoms with Gasteiger partial charge < -0.3 is 21.3 Å². The fourth-order valence-electron chi connectivity index (χ4n) is 4.69. The van der Waals surface area contributed by atoms with E-state index in [1.807, 2.05) is 42.5 Å².